The lowest BCUT2D eigenvalue weighted by atomic mass is 9.96. The number of ether oxygens (including phenoxy) is 1. The summed E-state index contributed by atoms with van der Waals surface area (Å²) in [6.07, 6.45) is 17.8. The van der Waals surface area contributed by atoms with Crippen molar-refractivity contribution in [2.24, 2.45) is 5.92 Å². The molecule has 0 aromatic heterocycles. The van der Waals surface area contributed by atoms with Gasteiger partial charge in [0.25, 0.3) is 0 Å². The molecule has 0 aromatic rings. The van der Waals surface area contributed by atoms with Gasteiger partial charge >= 0.3 is 5.97 Å². The van der Waals surface area contributed by atoms with Crippen LogP contribution in [0.2, 0.25) is 0 Å². The fourth-order valence-corrected chi connectivity index (χ4v) is 2.94. The summed E-state index contributed by atoms with van der Waals surface area (Å²) in [5.74, 6) is 0.240. The molecule has 2 heteroatoms. The Bertz CT molecular complexity index is 317. The molecule has 2 nitrogen and oxygen atoms in total. The second-order valence-electron chi connectivity index (χ2n) is 6.80. The van der Waals surface area contributed by atoms with Crippen LogP contribution in [0.25, 0.3) is 0 Å². The van der Waals surface area contributed by atoms with Crippen molar-refractivity contribution in [1.29, 1.82) is 0 Å². The molecule has 0 aliphatic carbocycles. The van der Waals surface area contributed by atoms with Crippen LogP contribution >= 0.6 is 0 Å². The number of rotatable bonds is 16. The second kappa shape index (κ2) is 16.8. The quantitative estimate of drug-likeness (QED) is 0.235. The van der Waals surface area contributed by atoms with E-state index in [1.54, 1.807) is 0 Å². The minimum atomic E-state index is -2.59. The second-order valence-corrected chi connectivity index (χ2v) is 6.80. The Morgan fingerprint density at radius 2 is 1.36 bits per heavy atom. The molecule has 0 saturated heterocycles. The van der Waals surface area contributed by atoms with E-state index in [-0.39, 0.29) is 6.42 Å². The van der Waals surface area contributed by atoms with Crippen LogP contribution in [0.5, 0.6) is 0 Å². The van der Waals surface area contributed by atoms with Gasteiger partial charge in [-0.2, -0.15) is 0 Å². The Morgan fingerprint density at radius 3 is 1.91 bits per heavy atom. The number of esters is 1. The summed E-state index contributed by atoms with van der Waals surface area (Å²) in [6, 6.07) is 0. The number of unbranched alkanes of at least 4 members (excludes halogenated alkanes) is 10. The zero-order valence-corrected chi connectivity index (χ0v) is 15.0. The van der Waals surface area contributed by atoms with Crippen LogP contribution in [0.4, 0.5) is 0 Å². The fourth-order valence-electron chi connectivity index (χ4n) is 2.94. The molecule has 0 amide bonds. The average Bonchev–Trinajstić information content (AvgIpc) is 2.51. The molecule has 132 valence electrons. The molecule has 0 aromatic carbocycles. The number of carbonyl (C=O) groups excluding carboxylic acids is 1. The van der Waals surface area contributed by atoms with E-state index < -0.39 is 13.0 Å². The van der Waals surface area contributed by atoms with E-state index in [4.69, 9.17) is 4.11 Å². The van der Waals surface area contributed by atoms with Crippen molar-refractivity contribution in [3.05, 3.63) is 0 Å². The Labute approximate surface area is 143 Å². The molecule has 0 N–H and O–H groups in total. The van der Waals surface area contributed by atoms with Crippen LogP contribution < -0.4 is 0 Å². The van der Waals surface area contributed by atoms with Crippen molar-refractivity contribution in [3.63, 3.8) is 0 Å². The van der Waals surface area contributed by atoms with Gasteiger partial charge in [0.2, 0.25) is 0 Å². The molecule has 1 unspecified atom stereocenters. The highest BCUT2D eigenvalue weighted by molar-refractivity contribution is 5.68. The first kappa shape index (κ1) is 16.3. The molecule has 0 rings (SSSR count). The fraction of sp³-hybridized carbons (Fsp3) is 0.950. The van der Waals surface area contributed by atoms with Gasteiger partial charge in [-0.15, -0.1) is 0 Å². The average molecular weight is 316 g/mol. The molecule has 0 radical (unpaired) electrons. The topological polar surface area (TPSA) is 26.3 Å². The Balaban J connectivity index is 3.31. The highest BCUT2D eigenvalue weighted by Gasteiger charge is 2.02. The highest BCUT2D eigenvalue weighted by atomic mass is 16.5. The minimum absolute atomic E-state index is 0.216. The molecule has 0 fully saturated rings. The largest absolute Gasteiger partial charge is 0.469 e. The van der Waals surface area contributed by atoms with E-state index in [9.17, 15) is 4.79 Å². The van der Waals surface area contributed by atoms with Gasteiger partial charge in [-0.05, 0) is 12.3 Å². The normalized spacial score (nSPS) is 14.9. The lowest BCUT2D eigenvalue weighted by Gasteiger charge is -2.11. The molecule has 0 aliphatic rings. The summed E-state index contributed by atoms with van der Waals surface area (Å²) in [5, 5.41) is 0. The molecule has 0 saturated carbocycles. The van der Waals surface area contributed by atoms with Crippen LogP contribution in [0.3, 0.4) is 0 Å². The van der Waals surface area contributed by atoms with Crippen molar-refractivity contribution in [1.82, 2.24) is 0 Å². The first-order valence-corrected chi connectivity index (χ1v) is 9.57. The molecule has 0 aliphatic heterocycles. The first-order valence-electron chi connectivity index (χ1n) is 11.1. The van der Waals surface area contributed by atoms with Gasteiger partial charge in [0.05, 0.1) is 11.2 Å². The first-order chi connectivity index (χ1) is 11.8. The van der Waals surface area contributed by atoms with E-state index in [1.807, 2.05) is 0 Å². The summed E-state index contributed by atoms with van der Waals surface area (Å²) in [7, 11) is -2.59. The predicted molar refractivity (Wildman–Crippen MR) is 96.1 cm³/mol. The van der Waals surface area contributed by atoms with Crippen molar-refractivity contribution < 1.29 is 13.6 Å². The SMILES string of the molecule is [2H]C([2H])([2H])OC(=O)CCCCCCCCC(C)CCCCCCCC. The number of hydrogen-bond donors (Lipinski definition) is 0. The molecular formula is C20H40O2. The van der Waals surface area contributed by atoms with Gasteiger partial charge in [-0.3, -0.25) is 4.79 Å². The summed E-state index contributed by atoms with van der Waals surface area (Å²) >= 11 is 0. The number of carbonyl (C=O) groups is 1. The number of methoxy groups -OCH3 is 1. The molecular weight excluding hydrogens is 272 g/mol. The Morgan fingerprint density at radius 1 is 0.864 bits per heavy atom. The van der Waals surface area contributed by atoms with Crippen molar-refractivity contribution in [2.75, 3.05) is 7.04 Å². The minimum Gasteiger partial charge on any atom is -0.469 e. The van der Waals surface area contributed by atoms with E-state index in [2.05, 4.69) is 18.6 Å². The summed E-state index contributed by atoms with van der Waals surface area (Å²) in [4.78, 5) is 11.2. The summed E-state index contributed by atoms with van der Waals surface area (Å²) in [5.41, 5.74) is 0. The van der Waals surface area contributed by atoms with Gasteiger partial charge in [0, 0.05) is 6.42 Å². The number of hydrogen-bond acceptors (Lipinski definition) is 2. The summed E-state index contributed by atoms with van der Waals surface area (Å²) < 4.78 is 24.9. The lowest BCUT2D eigenvalue weighted by Crippen LogP contribution is -1.99. The van der Waals surface area contributed by atoms with Gasteiger partial charge < -0.3 is 4.74 Å². The summed E-state index contributed by atoms with van der Waals surface area (Å²) in [6.45, 7) is 4.64. The van der Waals surface area contributed by atoms with Crippen LogP contribution in [-0.2, 0) is 9.53 Å². The maximum Gasteiger partial charge on any atom is 0.305 e. The molecule has 0 bridgehead atoms. The maximum absolute atomic E-state index is 11.2. The molecule has 0 heterocycles. The maximum atomic E-state index is 11.2. The van der Waals surface area contributed by atoms with Crippen LogP contribution in [0, 0.1) is 5.92 Å². The van der Waals surface area contributed by atoms with Crippen molar-refractivity contribution >= 4 is 5.97 Å². The van der Waals surface area contributed by atoms with E-state index >= 15 is 0 Å². The molecule has 1 atom stereocenters. The van der Waals surface area contributed by atoms with E-state index in [1.165, 1.54) is 70.6 Å². The zero-order chi connectivity index (χ0) is 19.0. The lowest BCUT2D eigenvalue weighted by molar-refractivity contribution is -0.140. The third-order valence-electron chi connectivity index (χ3n) is 4.49. The van der Waals surface area contributed by atoms with E-state index in [0.29, 0.717) is 0 Å². The monoisotopic (exact) mass is 315 g/mol. The Hall–Kier alpha value is -0.530. The zero-order valence-electron chi connectivity index (χ0n) is 18.0. The third kappa shape index (κ3) is 15.9. The van der Waals surface area contributed by atoms with Gasteiger partial charge in [0.1, 0.15) is 0 Å². The van der Waals surface area contributed by atoms with Crippen molar-refractivity contribution in [3.8, 4) is 0 Å². The van der Waals surface area contributed by atoms with Crippen LogP contribution in [0.15, 0.2) is 0 Å². The molecule has 22 heavy (non-hydrogen) atoms. The van der Waals surface area contributed by atoms with Gasteiger partial charge in [-0.1, -0.05) is 97.3 Å². The van der Waals surface area contributed by atoms with E-state index in [0.717, 1.165) is 25.2 Å². The predicted octanol–water partition coefficient (Wildman–Crippen LogP) is 6.67. The smallest absolute Gasteiger partial charge is 0.305 e. The Kier molecular flexibility index (Phi) is 12.5. The van der Waals surface area contributed by atoms with Gasteiger partial charge in [0.15, 0.2) is 0 Å². The third-order valence-corrected chi connectivity index (χ3v) is 4.49. The van der Waals surface area contributed by atoms with Crippen LogP contribution in [-0.4, -0.2) is 13.0 Å². The van der Waals surface area contributed by atoms with Crippen molar-refractivity contribution in [2.45, 2.75) is 110 Å². The van der Waals surface area contributed by atoms with Gasteiger partial charge in [-0.25, -0.2) is 0 Å². The molecule has 0 spiro atoms. The van der Waals surface area contributed by atoms with Crippen LogP contribution in [0.1, 0.15) is 114 Å². The standard InChI is InChI=1S/C20H40O2/c1-4-5-6-7-10-13-16-19(2)17-14-11-8-9-12-15-18-20(21)22-3/h19H,4-18H2,1-3H3/i3D3. The highest BCUT2D eigenvalue weighted by Crippen LogP contribution is 2.18.